The molecular weight excluding hydrogens is 420 g/mol. The quantitative estimate of drug-likeness (QED) is 0.521. The smallest absolute Gasteiger partial charge is 0.341 e. The van der Waals surface area contributed by atoms with E-state index in [9.17, 15) is 18.0 Å². The Morgan fingerprint density at radius 1 is 1.34 bits per heavy atom. The van der Waals surface area contributed by atoms with Gasteiger partial charge in [0, 0.05) is 0 Å². The molecule has 12 heteroatoms. The first-order valence-corrected chi connectivity index (χ1v) is 10.6. The highest BCUT2D eigenvalue weighted by Crippen LogP contribution is 2.31. The van der Waals surface area contributed by atoms with Gasteiger partial charge >= 0.3 is 5.97 Å². The van der Waals surface area contributed by atoms with Gasteiger partial charge in [-0.25, -0.2) is 18.1 Å². The van der Waals surface area contributed by atoms with Crippen molar-refractivity contribution in [1.29, 1.82) is 5.41 Å². The van der Waals surface area contributed by atoms with Gasteiger partial charge < -0.3 is 9.84 Å². The number of sulfone groups is 1. The lowest BCUT2D eigenvalue weighted by Gasteiger charge is -2.25. The van der Waals surface area contributed by atoms with Crippen LogP contribution >= 0.6 is 11.9 Å². The standard InChI is InChI=1S/C17H16N4O6S2/c1-9(2)29(25,26)17-20-28-16-19-15(24)12(14(18)21(16)17)7-10-3-5-11(6-4-10)27-8-13(22)23/h3-7,9,18H,8H2,1-2H3,(H,22,23)/b12-7-,18-14?. The number of hydrogen-bond donors (Lipinski definition) is 2. The lowest BCUT2D eigenvalue weighted by molar-refractivity contribution is -0.139. The topological polar surface area (TPSA) is 150 Å². The number of ether oxygens (including phenoxy) is 1. The average molecular weight is 436 g/mol. The van der Waals surface area contributed by atoms with Gasteiger partial charge in [0.15, 0.2) is 6.61 Å². The molecule has 2 aliphatic heterocycles. The van der Waals surface area contributed by atoms with Crippen LogP contribution in [0.2, 0.25) is 0 Å². The van der Waals surface area contributed by atoms with Crippen LogP contribution in [0.15, 0.2) is 39.2 Å². The van der Waals surface area contributed by atoms with Crippen molar-refractivity contribution in [1.82, 2.24) is 4.90 Å². The van der Waals surface area contributed by atoms with E-state index >= 15 is 0 Å². The third-order valence-corrected chi connectivity index (χ3v) is 6.76. The van der Waals surface area contributed by atoms with Gasteiger partial charge in [0.25, 0.3) is 5.91 Å². The Bertz CT molecular complexity index is 1090. The van der Waals surface area contributed by atoms with Crippen molar-refractivity contribution in [2.75, 3.05) is 6.61 Å². The molecule has 0 atom stereocenters. The Hall–Kier alpha value is -2.99. The molecule has 0 saturated heterocycles. The van der Waals surface area contributed by atoms with Gasteiger partial charge in [-0.3, -0.25) is 10.2 Å². The second-order valence-corrected chi connectivity index (χ2v) is 9.38. The lowest BCUT2D eigenvalue weighted by atomic mass is 10.1. The van der Waals surface area contributed by atoms with Crippen LogP contribution in [0, 0.1) is 5.41 Å². The Labute approximate surface area is 170 Å². The molecule has 0 aliphatic carbocycles. The summed E-state index contributed by atoms with van der Waals surface area (Å²) in [6.45, 7) is 2.52. The predicted octanol–water partition coefficient (Wildman–Crippen LogP) is 1.55. The van der Waals surface area contributed by atoms with Gasteiger partial charge in [-0.1, -0.05) is 12.1 Å². The van der Waals surface area contributed by atoms with Crippen molar-refractivity contribution in [3.8, 4) is 5.75 Å². The predicted molar refractivity (Wildman–Crippen MR) is 109 cm³/mol. The largest absolute Gasteiger partial charge is 0.482 e. The number of fused-ring (bicyclic) bond motifs is 1. The summed E-state index contributed by atoms with van der Waals surface area (Å²) in [5, 5.41) is 15.9. The molecule has 0 radical (unpaired) electrons. The van der Waals surface area contributed by atoms with Crippen molar-refractivity contribution in [3.63, 3.8) is 0 Å². The van der Waals surface area contributed by atoms with Crippen LogP contribution in [0.25, 0.3) is 6.08 Å². The molecule has 2 N–H and O–H groups in total. The minimum absolute atomic E-state index is 0.0220. The molecule has 3 rings (SSSR count). The molecule has 0 spiro atoms. The molecule has 29 heavy (non-hydrogen) atoms. The van der Waals surface area contributed by atoms with Crippen molar-refractivity contribution >= 4 is 55.9 Å². The number of amides is 1. The summed E-state index contributed by atoms with van der Waals surface area (Å²) in [7, 11) is -3.78. The number of carbonyl (C=O) groups excluding carboxylic acids is 1. The van der Waals surface area contributed by atoms with Gasteiger partial charge in [-0.15, -0.1) is 0 Å². The van der Waals surface area contributed by atoms with Crippen molar-refractivity contribution < 1.29 is 27.9 Å². The summed E-state index contributed by atoms with van der Waals surface area (Å²) in [5.74, 6) is -1.80. The monoisotopic (exact) mass is 436 g/mol. The number of aliphatic imine (C=N–C) groups is 1. The Morgan fingerprint density at radius 2 is 2.00 bits per heavy atom. The molecule has 0 bridgehead atoms. The van der Waals surface area contributed by atoms with Gasteiger partial charge in [-0.05, 0) is 37.6 Å². The van der Waals surface area contributed by atoms with Crippen LogP contribution in [0.4, 0.5) is 0 Å². The van der Waals surface area contributed by atoms with Crippen LogP contribution in [0.5, 0.6) is 5.75 Å². The molecule has 2 aliphatic rings. The van der Waals surface area contributed by atoms with Crippen LogP contribution in [0.1, 0.15) is 19.4 Å². The van der Waals surface area contributed by atoms with E-state index in [-0.39, 0.29) is 21.7 Å². The molecule has 0 saturated carbocycles. The summed E-state index contributed by atoms with van der Waals surface area (Å²) in [4.78, 5) is 27.8. The van der Waals surface area contributed by atoms with E-state index in [0.29, 0.717) is 11.3 Å². The SMILES string of the molecule is CC(C)S(=O)(=O)C1=NSC2=NC(=O)/C(=C\c3ccc(OCC(=O)O)cc3)C(=N)N21. The zero-order chi connectivity index (χ0) is 21.3. The third-order valence-electron chi connectivity index (χ3n) is 3.92. The second kappa shape index (κ2) is 7.79. The molecule has 1 aromatic rings. The highest BCUT2D eigenvalue weighted by atomic mass is 32.2. The third kappa shape index (κ3) is 4.07. The summed E-state index contributed by atoms with van der Waals surface area (Å²) in [5.41, 5.74) is 0.429. The first-order chi connectivity index (χ1) is 13.6. The fourth-order valence-electron chi connectivity index (χ4n) is 2.37. The molecule has 10 nitrogen and oxygen atoms in total. The average Bonchev–Trinajstić information content (AvgIpc) is 3.08. The maximum Gasteiger partial charge on any atom is 0.341 e. The molecule has 0 fully saturated rings. The molecular formula is C17H16N4O6S2. The summed E-state index contributed by atoms with van der Waals surface area (Å²) in [6, 6.07) is 6.18. The van der Waals surface area contributed by atoms with E-state index < -0.39 is 33.6 Å². The summed E-state index contributed by atoms with van der Waals surface area (Å²) < 4.78 is 34.0. The van der Waals surface area contributed by atoms with Crippen molar-refractivity contribution in [2.45, 2.75) is 19.1 Å². The minimum Gasteiger partial charge on any atom is -0.482 e. The number of hydrogen-bond acceptors (Lipinski definition) is 8. The van der Waals surface area contributed by atoms with Crippen molar-refractivity contribution in [3.05, 3.63) is 35.4 Å². The number of amidine groups is 3. The van der Waals surface area contributed by atoms with Crippen molar-refractivity contribution in [2.24, 2.45) is 9.39 Å². The van der Waals surface area contributed by atoms with Gasteiger partial charge in [0.2, 0.25) is 20.2 Å². The first-order valence-electron chi connectivity index (χ1n) is 8.28. The number of nitrogens with one attached hydrogen (secondary N) is 1. The molecule has 0 unspecified atom stereocenters. The molecule has 0 aromatic heterocycles. The number of aliphatic carboxylic acids is 1. The van der Waals surface area contributed by atoms with Crippen LogP contribution in [-0.4, -0.2) is 58.3 Å². The van der Waals surface area contributed by atoms with Crippen LogP contribution in [0.3, 0.4) is 0 Å². The zero-order valence-corrected chi connectivity index (χ0v) is 17.0. The van der Waals surface area contributed by atoms with Crippen LogP contribution < -0.4 is 4.74 Å². The number of carboxylic acid groups (broad SMARTS) is 1. The molecule has 2 heterocycles. The van der Waals surface area contributed by atoms with Crippen LogP contribution in [-0.2, 0) is 19.4 Å². The Kier molecular flexibility index (Phi) is 5.57. The van der Waals surface area contributed by atoms with E-state index in [1.54, 1.807) is 12.1 Å². The Balaban J connectivity index is 1.90. The summed E-state index contributed by atoms with van der Waals surface area (Å²) >= 11 is 0.736. The molecule has 1 amide bonds. The summed E-state index contributed by atoms with van der Waals surface area (Å²) in [6.07, 6.45) is 1.40. The van der Waals surface area contributed by atoms with E-state index in [4.69, 9.17) is 15.3 Å². The number of carbonyl (C=O) groups is 2. The fourth-order valence-corrected chi connectivity index (χ4v) is 4.43. The van der Waals surface area contributed by atoms with E-state index in [1.165, 1.54) is 32.1 Å². The molecule has 152 valence electrons. The highest BCUT2D eigenvalue weighted by Gasteiger charge is 2.43. The van der Waals surface area contributed by atoms with E-state index in [2.05, 4.69) is 9.39 Å². The Morgan fingerprint density at radius 3 is 2.59 bits per heavy atom. The zero-order valence-electron chi connectivity index (χ0n) is 15.3. The number of benzene rings is 1. The second-order valence-electron chi connectivity index (χ2n) is 6.25. The maximum absolute atomic E-state index is 12.5. The van der Waals surface area contributed by atoms with E-state index in [0.717, 1.165) is 16.8 Å². The number of carboxylic acids is 1. The van der Waals surface area contributed by atoms with Gasteiger partial charge in [-0.2, -0.15) is 9.39 Å². The van der Waals surface area contributed by atoms with E-state index in [1.807, 2.05) is 0 Å². The maximum atomic E-state index is 12.5. The van der Waals surface area contributed by atoms with Gasteiger partial charge in [0.1, 0.15) is 11.6 Å². The normalized spacial score (nSPS) is 18.0. The lowest BCUT2D eigenvalue weighted by Crippen LogP contribution is -2.46. The molecule has 1 aromatic carbocycles. The highest BCUT2D eigenvalue weighted by molar-refractivity contribution is 8.16. The number of rotatable bonds is 5. The minimum atomic E-state index is -3.78. The van der Waals surface area contributed by atoms with Gasteiger partial charge in [0.05, 0.1) is 22.8 Å². The number of nitrogens with zero attached hydrogens (tertiary/aromatic N) is 3. The first kappa shape index (κ1) is 20.7. The fraction of sp³-hybridized carbons (Fsp3) is 0.235.